The van der Waals surface area contributed by atoms with Crippen LogP contribution in [0.5, 0.6) is 0 Å². The lowest BCUT2D eigenvalue weighted by atomic mass is 9.95. The predicted molar refractivity (Wildman–Crippen MR) is 104 cm³/mol. The maximum absolute atomic E-state index is 4.66. The van der Waals surface area contributed by atoms with Gasteiger partial charge in [0.15, 0.2) is 0 Å². The van der Waals surface area contributed by atoms with Crippen LogP contribution in [0, 0.1) is 6.92 Å². The van der Waals surface area contributed by atoms with E-state index >= 15 is 0 Å². The number of hydrogen-bond donors (Lipinski definition) is 1. The Bertz CT molecular complexity index is 834. The normalized spacial score (nSPS) is 18.0. The van der Waals surface area contributed by atoms with Crippen molar-refractivity contribution in [2.24, 2.45) is 0 Å². The van der Waals surface area contributed by atoms with Gasteiger partial charge in [-0.1, -0.05) is 6.07 Å². The summed E-state index contributed by atoms with van der Waals surface area (Å²) in [5.74, 6) is 1.96. The van der Waals surface area contributed by atoms with Gasteiger partial charge in [0.1, 0.15) is 11.6 Å². The highest BCUT2D eigenvalue weighted by atomic mass is 32.1. The minimum atomic E-state index is 0.440. The maximum Gasteiger partial charge on any atom is 0.150 e. The van der Waals surface area contributed by atoms with E-state index in [0.29, 0.717) is 5.92 Å². The van der Waals surface area contributed by atoms with Crippen molar-refractivity contribution in [1.29, 1.82) is 0 Å². The van der Waals surface area contributed by atoms with Gasteiger partial charge in [-0.2, -0.15) is 0 Å². The molecule has 6 nitrogen and oxygen atoms in total. The smallest absolute Gasteiger partial charge is 0.150 e. The summed E-state index contributed by atoms with van der Waals surface area (Å²) in [7, 11) is 0. The summed E-state index contributed by atoms with van der Waals surface area (Å²) >= 11 is 1.72. The summed E-state index contributed by atoms with van der Waals surface area (Å²) in [6.07, 6.45) is 8.03. The van der Waals surface area contributed by atoms with E-state index in [2.05, 4.69) is 30.2 Å². The van der Waals surface area contributed by atoms with Gasteiger partial charge < -0.3 is 5.32 Å². The van der Waals surface area contributed by atoms with Crippen molar-refractivity contribution < 1.29 is 0 Å². The van der Waals surface area contributed by atoms with Crippen LogP contribution >= 0.6 is 11.3 Å². The van der Waals surface area contributed by atoms with E-state index in [9.17, 15) is 0 Å². The summed E-state index contributed by atoms with van der Waals surface area (Å²) in [5, 5.41) is 3.21. The highest BCUT2D eigenvalue weighted by Gasteiger charge is 2.23. The lowest BCUT2D eigenvalue weighted by Gasteiger charge is -2.31. The van der Waals surface area contributed by atoms with E-state index in [1.807, 2.05) is 49.2 Å². The Morgan fingerprint density at radius 1 is 1.19 bits per heavy atom. The molecule has 1 aliphatic heterocycles. The van der Waals surface area contributed by atoms with Gasteiger partial charge in [-0.25, -0.2) is 9.97 Å². The molecule has 0 aromatic carbocycles. The Morgan fingerprint density at radius 3 is 2.92 bits per heavy atom. The molecule has 0 spiro atoms. The zero-order valence-corrected chi connectivity index (χ0v) is 15.6. The molecule has 0 bridgehead atoms. The zero-order valence-electron chi connectivity index (χ0n) is 14.8. The van der Waals surface area contributed by atoms with Crippen molar-refractivity contribution in [3.05, 3.63) is 58.6 Å². The largest absolute Gasteiger partial charge is 0.324 e. The molecule has 1 atom stereocenters. The minimum Gasteiger partial charge on any atom is -0.324 e. The van der Waals surface area contributed by atoms with E-state index in [0.717, 1.165) is 42.7 Å². The van der Waals surface area contributed by atoms with Gasteiger partial charge in [0.05, 0.1) is 23.6 Å². The van der Waals surface area contributed by atoms with Gasteiger partial charge in [0, 0.05) is 35.8 Å². The molecule has 134 valence electrons. The molecule has 0 amide bonds. The van der Waals surface area contributed by atoms with Crippen molar-refractivity contribution >= 4 is 23.0 Å². The summed E-state index contributed by atoms with van der Waals surface area (Å²) in [6, 6.07) is 5.88. The van der Waals surface area contributed by atoms with Gasteiger partial charge in [-0.05, 0) is 38.4 Å². The zero-order chi connectivity index (χ0) is 17.8. The summed E-state index contributed by atoms with van der Waals surface area (Å²) in [5.41, 5.74) is 3.95. The lowest BCUT2D eigenvalue weighted by Crippen LogP contribution is -2.34. The van der Waals surface area contributed by atoms with Crippen molar-refractivity contribution in [3.63, 3.8) is 0 Å². The fourth-order valence-electron chi connectivity index (χ4n) is 3.34. The molecule has 1 fully saturated rings. The molecule has 26 heavy (non-hydrogen) atoms. The Hall–Kier alpha value is -2.38. The Balaban J connectivity index is 1.39. The molecular formula is C19H22N6S. The second-order valence-electron chi connectivity index (χ2n) is 6.66. The summed E-state index contributed by atoms with van der Waals surface area (Å²) < 4.78 is 0. The number of nitrogens with zero attached hydrogens (tertiary/aromatic N) is 5. The molecule has 3 aromatic heterocycles. The Kier molecular flexibility index (Phi) is 5.17. The Morgan fingerprint density at radius 2 is 2.15 bits per heavy atom. The SMILES string of the molecule is Cc1cccc(Nc2cnc([C@H]3CCCN(Cc4cncs4)C3)cn2)n1. The summed E-state index contributed by atoms with van der Waals surface area (Å²) in [4.78, 5) is 21.6. The molecule has 0 saturated carbocycles. The van der Waals surface area contributed by atoms with Gasteiger partial charge >= 0.3 is 0 Å². The topological polar surface area (TPSA) is 66.8 Å². The number of likely N-dealkylation sites (tertiary alicyclic amines) is 1. The van der Waals surface area contributed by atoms with Crippen LogP contribution in [0.25, 0.3) is 0 Å². The maximum atomic E-state index is 4.66. The second kappa shape index (κ2) is 7.88. The second-order valence-corrected chi connectivity index (χ2v) is 7.63. The molecule has 0 radical (unpaired) electrons. The number of rotatable bonds is 5. The third kappa shape index (κ3) is 4.23. The number of aryl methyl sites for hydroxylation is 1. The van der Waals surface area contributed by atoms with Crippen LogP contribution in [0.3, 0.4) is 0 Å². The average molecular weight is 366 g/mol. The third-order valence-electron chi connectivity index (χ3n) is 4.60. The average Bonchev–Trinajstić information content (AvgIpc) is 3.16. The van der Waals surface area contributed by atoms with Crippen LogP contribution in [-0.2, 0) is 6.54 Å². The standard InChI is InChI=1S/C19H22N6S/c1-14-4-2-6-18(23-14)24-19-10-21-17(9-22-19)15-5-3-7-25(11-15)12-16-8-20-13-26-16/h2,4,6,8-10,13,15H,3,5,7,11-12H2,1H3,(H,22,23,24)/t15-/m0/s1. The third-order valence-corrected chi connectivity index (χ3v) is 5.37. The van der Waals surface area contributed by atoms with E-state index in [4.69, 9.17) is 0 Å². The van der Waals surface area contributed by atoms with Crippen LogP contribution in [0.4, 0.5) is 11.6 Å². The van der Waals surface area contributed by atoms with Crippen molar-refractivity contribution in [2.75, 3.05) is 18.4 Å². The van der Waals surface area contributed by atoms with Gasteiger partial charge in [0.25, 0.3) is 0 Å². The van der Waals surface area contributed by atoms with E-state index in [1.54, 1.807) is 11.3 Å². The van der Waals surface area contributed by atoms with E-state index in [1.165, 1.54) is 17.7 Å². The number of aromatic nitrogens is 4. The molecular weight excluding hydrogens is 344 g/mol. The number of piperidine rings is 1. The fourth-order valence-corrected chi connectivity index (χ4v) is 3.97. The first-order valence-electron chi connectivity index (χ1n) is 8.88. The van der Waals surface area contributed by atoms with Gasteiger partial charge in [0.2, 0.25) is 0 Å². The molecule has 4 heterocycles. The van der Waals surface area contributed by atoms with Crippen LogP contribution in [0.15, 0.2) is 42.3 Å². The first kappa shape index (κ1) is 17.1. The predicted octanol–water partition coefficient (Wildman–Crippen LogP) is 3.76. The van der Waals surface area contributed by atoms with Crippen LogP contribution in [-0.4, -0.2) is 37.9 Å². The van der Waals surface area contributed by atoms with E-state index in [-0.39, 0.29) is 0 Å². The highest BCUT2D eigenvalue weighted by molar-refractivity contribution is 7.09. The van der Waals surface area contributed by atoms with Crippen LogP contribution in [0.2, 0.25) is 0 Å². The number of pyridine rings is 1. The quantitative estimate of drug-likeness (QED) is 0.742. The molecule has 0 aliphatic carbocycles. The Labute approximate surface area is 157 Å². The molecule has 1 saturated heterocycles. The molecule has 7 heteroatoms. The lowest BCUT2D eigenvalue weighted by molar-refractivity contribution is 0.200. The first-order valence-corrected chi connectivity index (χ1v) is 9.76. The minimum absolute atomic E-state index is 0.440. The number of anilines is 2. The monoisotopic (exact) mass is 366 g/mol. The number of hydrogen-bond acceptors (Lipinski definition) is 7. The van der Waals surface area contributed by atoms with E-state index < -0.39 is 0 Å². The van der Waals surface area contributed by atoms with Crippen LogP contribution in [0.1, 0.15) is 35.0 Å². The van der Waals surface area contributed by atoms with Gasteiger partial charge in [-0.3, -0.25) is 14.9 Å². The molecule has 3 aromatic rings. The summed E-state index contributed by atoms with van der Waals surface area (Å²) in [6.45, 7) is 5.12. The van der Waals surface area contributed by atoms with Crippen molar-refractivity contribution in [2.45, 2.75) is 32.2 Å². The molecule has 0 unspecified atom stereocenters. The first-order chi connectivity index (χ1) is 12.8. The highest BCUT2D eigenvalue weighted by Crippen LogP contribution is 2.27. The molecule has 4 rings (SSSR count). The van der Waals surface area contributed by atoms with Gasteiger partial charge in [-0.15, -0.1) is 11.3 Å². The molecule has 1 aliphatic rings. The van der Waals surface area contributed by atoms with Crippen LogP contribution < -0.4 is 5.32 Å². The van der Waals surface area contributed by atoms with Crippen molar-refractivity contribution in [3.8, 4) is 0 Å². The fraction of sp³-hybridized carbons (Fsp3) is 0.368. The van der Waals surface area contributed by atoms with Crippen molar-refractivity contribution in [1.82, 2.24) is 24.8 Å². The number of thiazole rings is 1. The number of nitrogens with one attached hydrogen (secondary N) is 1. The molecule has 1 N–H and O–H groups in total.